The topological polar surface area (TPSA) is 76.4 Å². The first-order valence-electron chi connectivity index (χ1n) is 14.6. The van der Waals surface area contributed by atoms with Crippen molar-refractivity contribution in [2.24, 2.45) is 45.8 Å². The molecule has 0 aromatic carbocycles. The number of rotatable bonds is 3. The normalized spacial score (nSPS) is 46.5. The van der Waals surface area contributed by atoms with E-state index in [9.17, 15) is 4.79 Å². The smallest absolute Gasteiger partial charge is 0.407 e. The Balaban J connectivity index is 0.000000221. The third-order valence-corrected chi connectivity index (χ3v) is 12.1. The molecule has 5 fully saturated rings. The fourth-order valence-electron chi connectivity index (χ4n) is 10.1. The highest BCUT2D eigenvalue weighted by atomic mass is 16.4. The molecule has 0 spiro atoms. The van der Waals surface area contributed by atoms with Crippen molar-refractivity contribution in [1.29, 1.82) is 5.41 Å². The van der Waals surface area contributed by atoms with Crippen molar-refractivity contribution >= 4 is 11.8 Å². The summed E-state index contributed by atoms with van der Waals surface area (Å²) >= 11 is 0. The predicted octanol–water partition coefficient (Wildman–Crippen LogP) is 7.06. The lowest BCUT2D eigenvalue weighted by Crippen LogP contribution is -2.56. The molecule has 4 saturated carbocycles. The summed E-state index contributed by atoms with van der Waals surface area (Å²) in [6.07, 6.45) is 14.3. The van der Waals surface area contributed by atoms with Gasteiger partial charge in [0.2, 0.25) is 0 Å². The molecule has 1 saturated heterocycles. The Morgan fingerprint density at radius 1 is 1.00 bits per heavy atom. The molecule has 0 bridgehead atoms. The van der Waals surface area contributed by atoms with E-state index >= 15 is 0 Å². The van der Waals surface area contributed by atoms with E-state index in [1.165, 1.54) is 62.7 Å². The minimum absolute atomic E-state index is 0.371. The zero-order valence-corrected chi connectivity index (χ0v) is 23.5. The summed E-state index contributed by atoms with van der Waals surface area (Å²) < 4.78 is 0. The summed E-state index contributed by atoms with van der Waals surface area (Å²) in [6.45, 7) is 14.0. The second kappa shape index (κ2) is 9.99. The third-order valence-electron chi connectivity index (χ3n) is 12.1. The van der Waals surface area contributed by atoms with Gasteiger partial charge in [0.05, 0.1) is 0 Å². The standard InChI is InChI=1S/C23H39N.C7H14N2O2/c1-15-6-7-19-17-8-12-22(4)18(16(2)24)10-13-23(22,5)20(17)9-11-21(19,3)14-15;1-9(7(10)11)5-6-3-2-4-8-6/h15,17-20,24H,6-14H2,1-5H3;6,8H,2-5H2,1H3,(H,10,11). The lowest BCUT2D eigenvalue weighted by Gasteiger charge is -2.63. The third kappa shape index (κ3) is 4.80. The zero-order valence-electron chi connectivity index (χ0n) is 23.5. The number of carboxylic acid groups (broad SMARTS) is 1. The van der Waals surface area contributed by atoms with Crippen molar-refractivity contribution < 1.29 is 9.90 Å². The second-order valence-corrected chi connectivity index (χ2v) is 14.1. The Labute approximate surface area is 214 Å². The highest BCUT2D eigenvalue weighted by Gasteiger charge is 2.64. The zero-order chi connectivity index (χ0) is 25.6. The quantitative estimate of drug-likeness (QED) is 0.373. The molecule has 1 amide bonds. The molecule has 0 radical (unpaired) electrons. The van der Waals surface area contributed by atoms with Crippen LogP contribution in [0.5, 0.6) is 0 Å². The Kier molecular flexibility index (Phi) is 7.69. The number of nitrogens with zero attached hydrogens (tertiary/aromatic N) is 1. The average Bonchev–Trinajstić information content (AvgIpc) is 3.38. The Hall–Kier alpha value is -1.10. The van der Waals surface area contributed by atoms with Crippen LogP contribution in [0.1, 0.15) is 105 Å². The van der Waals surface area contributed by atoms with E-state index in [0.717, 1.165) is 48.8 Å². The first-order chi connectivity index (χ1) is 16.4. The van der Waals surface area contributed by atoms with Crippen molar-refractivity contribution in [3.63, 3.8) is 0 Å². The monoisotopic (exact) mass is 487 g/mol. The fourth-order valence-corrected chi connectivity index (χ4v) is 10.1. The van der Waals surface area contributed by atoms with E-state index in [1.54, 1.807) is 7.05 Å². The van der Waals surface area contributed by atoms with Gasteiger partial charge < -0.3 is 20.7 Å². The molecule has 200 valence electrons. The molecule has 1 heterocycles. The highest BCUT2D eigenvalue weighted by Crippen LogP contribution is 2.72. The minimum atomic E-state index is -0.848. The van der Waals surface area contributed by atoms with Crippen LogP contribution in [-0.2, 0) is 0 Å². The van der Waals surface area contributed by atoms with Gasteiger partial charge >= 0.3 is 6.09 Å². The summed E-state index contributed by atoms with van der Waals surface area (Å²) in [4.78, 5) is 11.7. The summed E-state index contributed by atoms with van der Waals surface area (Å²) in [5.74, 6) is 4.42. The van der Waals surface area contributed by atoms with Gasteiger partial charge in [-0.2, -0.15) is 0 Å². The summed E-state index contributed by atoms with van der Waals surface area (Å²) in [5.41, 5.74) is 2.49. The molecule has 3 N–H and O–H groups in total. The van der Waals surface area contributed by atoms with Crippen LogP contribution >= 0.6 is 0 Å². The molecule has 5 nitrogen and oxygen atoms in total. The fraction of sp³-hybridized carbons (Fsp3) is 0.933. The number of fused-ring (bicyclic) bond motifs is 5. The molecule has 0 aromatic rings. The minimum Gasteiger partial charge on any atom is -0.465 e. The number of hydrogen-bond acceptors (Lipinski definition) is 3. The van der Waals surface area contributed by atoms with E-state index in [2.05, 4.69) is 39.9 Å². The Morgan fingerprint density at radius 3 is 2.34 bits per heavy atom. The molecular weight excluding hydrogens is 434 g/mol. The van der Waals surface area contributed by atoms with Crippen molar-refractivity contribution in [2.75, 3.05) is 20.1 Å². The van der Waals surface area contributed by atoms with Gasteiger partial charge in [-0.3, -0.25) is 0 Å². The lowest BCUT2D eigenvalue weighted by atomic mass is 9.41. The van der Waals surface area contributed by atoms with Gasteiger partial charge in [-0.05, 0) is 118 Å². The largest absolute Gasteiger partial charge is 0.465 e. The van der Waals surface area contributed by atoms with Gasteiger partial charge in [-0.15, -0.1) is 0 Å². The predicted molar refractivity (Wildman–Crippen MR) is 144 cm³/mol. The van der Waals surface area contributed by atoms with Crippen LogP contribution in [0.25, 0.3) is 0 Å². The number of hydrogen-bond donors (Lipinski definition) is 3. The van der Waals surface area contributed by atoms with Crippen LogP contribution < -0.4 is 5.32 Å². The molecular formula is C30H53N3O2. The summed E-state index contributed by atoms with van der Waals surface area (Å²) in [5, 5.41) is 20.1. The van der Waals surface area contributed by atoms with E-state index < -0.39 is 6.09 Å². The van der Waals surface area contributed by atoms with Gasteiger partial charge in [0.1, 0.15) is 0 Å². The Bertz CT molecular complexity index is 794. The van der Waals surface area contributed by atoms with E-state index in [1.807, 2.05) is 0 Å². The van der Waals surface area contributed by atoms with Gasteiger partial charge in [0.15, 0.2) is 0 Å². The van der Waals surface area contributed by atoms with Crippen LogP contribution in [0.3, 0.4) is 0 Å². The molecule has 5 aliphatic rings. The maximum absolute atomic E-state index is 10.4. The Morgan fingerprint density at radius 2 is 1.71 bits per heavy atom. The van der Waals surface area contributed by atoms with E-state index in [4.69, 9.17) is 10.5 Å². The molecule has 9 atom stereocenters. The molecule has 35 heavy (non-hydrogen) atoms. The van der Waals surface area contributed by atoms with Gasteiger partial charge in [-0.1, -0.05) is 34.1 Å². The molecule has 5 heteroatoms. The summed E-state index contributed by atoms with van der Waals surface area (Å²) in [7, 11) is 1.60. The highest BCUT2D eigenvalue weighted by molar-refractivity contribution is 5.82. The maximum Gasteiger partial charge on any atom is 0.407 e. The first kappa shape index (κ1) is 26.9. The van der Waals surface area contributed by atoms with Gasteiger partial charge in [-0.25, -0.2) is 4.79 Å². The van der Waals surface area contributed by atoms with Gasteiger partial charge in [0.25, 0.3) is 0 Å². The summed E-state index contributed by atoms with van der Waals surface area (Å²) in [6, 6.07) is 0.371. The van der Waals surface area contributed by atoms with Gasteiger partial charge in [0, 0.05) is 31.3 Å². The maximum atomic E-state index is 10.4. The van der Waals surface area contributed by atoms with Crippen molar-refractivity contribution in [1.82, 2.24) is 10.2 Å². The number of carbonyl (C=O) groups is 1. The van der Waals surface area contributed by atoms with E-state index in [0.29, 0.717) is 34.7 Å². The van der Waals surface area contributed by atoms with Crippen LogP contribution in [0, 0.1) is 51.2 Å². The average molecular weight is 488 g/mol. The van der Waals surface area contributed by atoms with Crippen LogP contribution in [-0.4, -0.2) is 48.0 Å². The molecule has 5 rings (SSSR count). The first-order valence-corrected chi connectivity index (χ1v) is 14.6. The number of nitrogens with one attached hydrogen (secondary N) is 2. The van der Waals surface area contributed by atoms with E-state index in [-0.39, 0.29) is 0 Å². The molecule has 4 aliphatic carbocycles. The lowest BCUT2D eigenvalue weighted by molar-refractivity contribution is -0.140. The number of amides is 1. The van der Waals surface area contributed by atoms with Crippen molar-refractivity contribution in [3.8, 4) is 0 Å². The van der Waals surface area contributed by atoms with Crippen LogP contribution in [0.15, 0.2) is 0 Å². The second-order valence-electron chi connectivity index (χ2n) is 14.1. The van der Waals surface area contributed by atoms with Crippen LogP contribution in [0.2, 0.25) is 0 Å². The number of likely N-dealkylation sites (N-methyl/N-ethyl adjacent to an activating group) is 1. The molecule has 9 unspecified atom stereocenters. The SMILES string of the molecule is CC(=N)C1CCC2(C)C3CCC4(C)CC(C)CCC4C3CCC12C.CN(CC1CCCN1)C(=O)O. The molecule has 0 aromatic heterocycles. The van der Waals surface area contributed by atoms with Crippen molar-refractivity contribution in [2.45, 2.75) is 111 Å². The molecule has 1 aliphatic heterocycles. The van der Waals surface area contributed by atoms with Crippen molar-refractivity contribution in [3.05, 3.63) is 0 Å². The van der Waals surface area contributed by atoms with Crippen LogP contribution in [0.4, 0.5) is 4.79 Å².